The van der Waals surface area contributed by atoms with Crippen molar-refractivity contribution in [2.24, 2.45) is 0 Å². The van der Waals surface area contributed by atoms with Crippen molar-refractivity contribution in [3.8, 4) is 0 Å². The van der Waals surface area contributed by atoms with Crippen molar-refractivity contribution in [2.75, 3.05) is 0 Å². The molecule has 0 unspecified atom stereocenters. The molecule has 0 atom stereocenters. The Labute approximate surface area is 98.3 Å². The number of nitrogens with zero attached hydrogens (tertiary/aromatic N) is 5. The lowest BCUT2D eigenvalue weighted by atomic mass is 10.1. The third-order valence-corrected chi connectivity index (χ3v) is 2.46. The number of rotatable bonds is 2. The molecular weight excluding hydrogens is 224 g/mol. The van der Waals surface area contributed by atoms with Crippen molar-refractivity contribution < 1.29 is 0 Å². The van der Waals surface area contributed by atoms with E-state index >= 15 is 0 Å². The average Bonchev–Trinajstić information content (AvgIpc) is 2.75. The van der Waals surface area contributed by atoms with E-state index in [1.54, 1.807) is 11.0 Å². The van der Waals surface area contributed by atoms with E-state index < -0.39 is 0 Å². The minimum atomic E-state index is -0.0972. The van der Waals surface area contributed by atoms with Crippen LogP contribution in [0.25, 0.3) is 0 Å². The molecule has 0 radical (unpaired) electrons. The molecule has 7 heteroatoms. The molecule has 86 valence electrons. The molecule has 0 bridgehead atoms. The maximum absolute atomic E-state index is 5.22. The van der Waals surface area contributed by atoms with Gasteiger partial charge in [0.25, 0.3) is 0 Å². The molecule has 0 aromatic carbocycles. The fourth-order valence-electron chi connectivity index (χ4n) is 1.59. The molecule has 16 heavy (non-hydrogen) atoms. The minimum Gasteiger partial charge on any atom is -0.297 e. The van der Waals surface area contributed by atoms with E-state index in [4.69, 9.17) is 12.2 Å². The van der Waals surface area contributed by atoms with Gasteiger partial charge in [-0.25, -0.2) is 9.67 Å². The number of aromatic nitrogens is 6. The Kier molecular flexibility index (Phi) is 2.63. The predicted octanol–water partition coefficient (Wildman–Crippen LogP) is 1.34. The lowest BCUT2D eigenvalue weighted by Gasteiger charge is -2.22. The molecule has 0 spiro atoms. The van der Waals surface area contributed by atoms with Gasteiger partial charge in [0.05, 0.1) is 0 Å². The highest BCUT2D eigenvalue weighted by atomic mass is 32.1. The van der Waals surface area contributed by atoms with Gasteiger partial charge in [0.1, 0.15) is 19.2 Å². The Balaban J connectivity index is 2.39. The summed E-state index contributed by atoms with van der Waals surface area (Å²) in [5.41, 5.74) is -0.0972. The molecule has 1 N–H and O–H groups in total. The van der Waals surface area contributed by atoms with Gasteiger partial charge in [-0.1, -0.05) is 0 Å². The van der Waals surface area contributed by atoms with Crippen molar-refractivity contribution in [1.82, 2.24) is 29.5 Å². The standard InChI is InChI=1S/C9H14N6S/c1-9(2,3)15-7(12-13-8(15)16)4-14-6-10-5-11-14/h5-6H,4H2,1-3H3,(H,13,16). The Morgan fingerprint density at radius 1 is 1.44 bits per heavy atom. The molecule has 2 aromatic rings. The zero-order valence-corrected chi connectivity index (χ0v) is 10.3. The SMILES string of the molecule is CC(C)(C)n1c(Cn2cncn2)n[nH]c1=S. The van der Waals surface area contributed by atoms with Crippen LogP contribution in [0.5, 0.6) is 0 Å². The van der Waals surface area contributed by atoms with Gasteiger partial charge in [0, 0.05) is 5.54 Å². The largest absolute Gasteiger partial charge is 0.297 e. The summed E-state index contributed by atoms with van der Waals surface area (Å²) in [5, 5.41) is 11.1. The molecule has 6 nitrogen and oxygen atoms in total. The molecule has 0 aliphatic heterocycles. The molecule has 2 heterocycles. The first kappa shape index (κ1) is 11.0. The number of hydrogen-bond acceptors (Lipinski definition) is 4. The van der Waals surface area contributed by atoms with Crippen LogP contribution in [-0.2, 0) is 12.1 Å². The minimum absolute atomic E-state index is 0.0972. The third kappa shape index (κ3) is 2.04. The fourth-order valence-corrected chi connectivity index (χ4v) is 2.01. The lowest BCUT2D eigenvalue weighted by molar-refractivity contribution is 0.372. The van der Waals surface area contributed by atoms with Crippen LogP contribution in [0.3, 0.4) is 0 Å². The van der Waals surface area contributed by atoms with Crippen molar-refractivity contribution in [3.05, 3.63) is 23.3 Å². The van der Waals surface area contributed by atoms with Gasteiger partial charge in [0.15, 0.2) is 10.6 Å². The summed E-state index contributed by atoms with van der Waals surface area (Å²) in [6.45, 7) is 6.82. The average molecular weight is 238 g/mol. The number of nitrogens with one attached hydrogen (secondary N) is 1. The van der Waals surface area contributed by atoms with E-state index in [1.165, 1.54) is 6.33 Å². The molecular formula is C9H14N6S. The molecule has 2 rings (SSSR count). The second-order valence-electron chi connectivity index (χ2n) is 4.54. The third-order valence-electron chi connectivity index (χ3n) is 2.18. The normalized spacial score (nSPS) is 11.9. The first-order chi connectivity index (χ1) is 7.48. The van der Waals surface area contributed by atoms with Crippen molar-refractivity contribution in [1.29, 1.82) is 0 Å². The topological polar surface area (TPSA) is 64.3 Å². The number of aromatic amines is 1. The van der Waals surface area contributed by atoms with Crippen molar-refractivity contribution in [2.45, 2.75) is 32.9 Å². The molecule has 0 saturated heterocycles. The molecule has 0 amide bonds. The summed E-state index contributed by atoms with van der Waals surface area (Å²) in [6.07, 6.45) is 3.16. The summed E-state index contributed by atoms with van der Waals surface area (Å²) in [7, 11) is 0. The Morgan fingerprint density at radius 2 is 2.19 bits per heavy atom. The van der Waals surface area contributed by atoms with Gasteiger partial charge >= 0.3 is 0 Å². The van der Waals surface area contributed by atoms with Crippen molar-refractivity contribution in [3.63, 3.8) is 0 Å². The van der Waals surface area contributed by atoms with Crippen LogP contribution in [0.4, 0.5) is 0 Å². The van der Waals surface area contributed by atoms with Crippen LogP contribution in [0.1, 0.15) is 26.6 Å². The molecule has 0 fully saturated rings. The van der Waals surface area contributed by atoms with E-state index in [9.17, 15) is 0 Å². The fraction of sp³-hybridized carbons (Fsp3) is 0.556. The van der Waals surface area contributed by atoms with E-state index in [2.05, 4.69) is 41.1 Å². The quantitative estimate of drug-likeness (QED) is 0.802. The summed E-state index contributed by atoms with van der Waals surface area (Å²) in [5.74, 6) is 0.850. The molecule has 0 saturated carbocycles. The van der Waals surface area contributed by atoms with Crippen LogP contribution in [0.15, 0.2) is 12.7 Å². The molecule has 0 aliphatic rings. The van der Waals surface area contributed by atoms with Gasteiger partial charge in [-0.15, -0.1) is 0 Å². The van der Waals surface area contributed by atoms with Crippen molar-refractivity contribution >= 4 is 12.2 Å². The Bertz CT molecular complexity index is 515. The van der Waals surface area contributed by atoms with Gasteiger partial charge in [-0.3, -0.25) is 9.67 Å². The summed E-state index contributed by atoms with van der Waals surface area (Å²) < 4.78 is 4.33. The first-order valence-corrected chi connectivity index (χ1v) is 5.38. The molecule has 2 aromatic heterocycles. The number of H-pyrrole nitrogens is 1. The summed E-state index contributed by atoms with van der Waals surface area (Å²) in [6, 6.07) is 0. The Morgan fingerprint density at radius 3 is 2.75 bits per heavy atom. The highest BCUT2D eigenvalue weighted by Gasteiger charge is 2.19. The van der Waals surface area contributed by atoms with Crippen LogP contribution < -0.4 is 0 Å². The smallest absolute Gasteiger partial charge is 0.195 e. The van der Waals surface area contributed by atoms with Gasteiger partial charge in [-0.2, -0.15) is 10.2 Å². The van der Waals surface area contributed by atoms with E-state index in [0.717, 1.165) is 5.82 Å². The predicted molar refractivity (Wildman–Crippen MR) is 61.5 cm³/mol. The van der Waals surface area contributed by atoms with Crippen LogP contribution in [0, 0.1) is 4.77 Å². The maximum Gasteiger partial charge on any atom is 0.195 e. The summed E-state index contributed by atoms with van der Waals surface area (Å²) in [4.78, 5) is 3.90. The van der Waals surface area contributed by atoms with Gasteiger partial charge < -0.3 is 0 Å². The zero-order valence-electron chi connectivity index (χ0n) is 9.51. The second kappa shape index (κ2) is 3.82. The Hall–Kier alpha value is -1.50. The zero-order chi connectivity index (χ0) is 11.8. The summed E-state index contributed by atoms with van der Waals surface area (Å²) >= 11 is 5.22. The van der Waals surface area contributed by atoms with Crippen LogP contribution in [0.2, 0.25) is 0 Å². The van der Waals surface area contributed by atoms with E-state index in [0.29, 0.717) is 11.3 Å². The monoisotopic (exact) mass is 238 g/mol. The molecule has 0 aliphatic carbocycles. The lowest BCUT2D eigenvalue weighted by Crippen LogP contribution is -2.25. The van der Waals surface area contributed by atoms with Crippen LogP contribution >= 0.6 is 12.2 Å². The highest BCUT2D eigenvalue weighted by Crippen LogP contribution is 2.16. The van der Waals surface area contributed by atoms with E-state index in [1.807, 2.05) is 4.57 Å². The second-order valence-corrected chi connectivity index (χ2v) is 4.93. The van der Waals surface area contributed by atoms with Gasteiger partial charge in [-0.05, 0) is 33.0 Å². The van der Waals surface area contributed by atoms with E-state index in [-0.39, 0.29) is 5.54 Å². The van der Waals surface area contributed by atoms with Crippen LogP contribution in [-0.4, -0.2) is 29.5 Å². The maximum atomic E-state index is 5.22. The number of hydrogen-bond donors (Lipinski definition) is 1. The first-order valence-electron chi connectivity index (χ1n) is 4.97. The van der Waals surface area contributed by atoms with Gasteiger partial charge in [0.2, 0.25) is 0 Å². The highest BCUT2D eigenvalue weighted by molar-refractivity contribution is 7.71.